The van der Waals surface area contributed by atoms with Crippen LogP contribution >= 0.6 is 12.4 Å². The minimum Gasteiger partial charge on any atom is -0.361 e. The van der Waals surface area contributed by atoms with Gasteiger partial charge >= 0.3 is 0 Å². The first-order valence-corrected chi connectivity index (χ1v) is 11.1. The highest BCUT2D eigenvalue weighted by Crippen LogP contribution is 2.23. The van der Waals surface area contributed by atoms with Gasteiger partial charge in [-0.25, -0.2) is 0 Å². The Morgan fingerprint density at radius 3 is 2.80 bits per heavy atom. The minimum atomic E-state index is 0. The van der Waals surface area contributed by atoms with E-state index in [0.717, 1.165) is 62.3 Å². The summed E-state index contributed by atoms with van der Waals surface area (Å²) in [4.78, 5) is 14.4. The summed E-state index contributed by atoms with van der Waals surface area (Å²) in [5.74, 6) is 2.32. The predicted molar refractivity (Wildman–Crippen MR) is 124 cm³/mol. The van der Waals surface area contributed by atoms with Crippen molar-refractivity contribution in [3.05, 3.63) is 42.2 Å². The van der Waals surface area contributed by atoms with E-state index in [-0.39, 0.29) is 18.3 Å². The van der Waals surface area contributed by atoms with Crippen LogP contribution in [0.5, 0.6) is 0 Å². The van der Waals surface area contributed by atoms with E-state index in [4.69, 9.17) is 4.52 Å². The smallest absolute Gasteiger partial charge is 0.222 e. The highest BCUT2D eigenvalue weighted by Gasteiger charge is 2.23. The van der Waals surface area contributed by atoms with Crippen molar-refractivity contribution in [2.75, 3.05) is 26.7 Å². The maximum atomic E-state index is 12.5. The SMILES string of the molecule is CC(CC(=O)N(C)CCCCCc1cc(-c2ccccc2)no1)C1CCCNC1.Cl. The Kier molecular flexibility index (Phi) is 10.4. The van der Waals surface area contributed by atoms with Gasteiger partial charge in [0.25, 0.3) is 0 Å². The van der Waals surface area contributed by atoms with Crippen LogP contribution in [0.2, 0.25) is 0 Å². The van der Waals surface area contributed by atoms with Crippen molar-refractivity contribution < 1.29 is 9.32 Å². The number of nitrogens with zero attached hydrogens (tertiary/aromatic N) is 2. The Hall–Kier alpha value is -1.85. The van der Waals surface area contributed by atoms with Crippen LogP contribution in [-0.4, -0.2) is 42.6 Å². The lowest BCUT2D eigenvalue weighted by Crippen LogP contribution is -2.36. The zero-order valence-corrected chi connectivity index (χ0v) is 19.1. The average molecular weight is 434 g/mol. The number of unbranched alkanes of at least 4 members (excludes halogenated alkanes) is 2. The fourth-order valence-electron chi connectivity index (χ4n) is 4.09. The van der Waals surface area contributed by atoms with Gasteiger partial charge in [0.2, 0.25) is 5.91 Å². The van der Waals surface area contributed by atoms with Crippen LogP contribution < -0.4 is 5.32 Å². The van der Waals surface area contributed by atoms with Gasteiger partial charge in [-0.05, 0) is 50.6 Å². The molecule has 0 bridgehead atoms. The first-order chi connectivity index (χ1) is 14.1. The van der Waals surface area contributed by atoms with Gasteiger partial charge in [0.15, 0.2) is 0 Å². The Morgan fingerprint density at radius 1 is 1.27 bits per heavy atom. The van der Waals surface area contributed by atoms with Crippen molar-refractivity contribution in [3.63, 3.8) is 0 Å². The molecule has 5 nitrogen and oxygen atoms in total. The second-order valence-electron chi connectivity index (χ2n) is 8.46. The average Bonchev–Trinajstić information content (AvgIpc) is 3.23. The van der Waals surface area contributed by atoms with Gasteiger partial charge in [0, 0.05) is 38.1 Å². The van der Waals surface area contributed by atoms with Gasteiger partial charge in [-0.2, -0.15) is 0 Å². The molecule has 1 fully saturated rings. The quantitative estimate of drug-likeness (QED) is 0.538. The molecular formula is C24H36ClN3O2. The molecule has 2 aromatic rings. The van der Waals surface area contributed by atoms with Gasteiger partial charge in [0.05, 0.1) is 0 Å². The van der Waals surface area contributed by atoms with Gasteiger partial charge in [-0.1, -0.05) is 48.8 Å². The first-order valence-electron chi connectivity index (χ1n) is 11.1. The molecule has 1 aromatic carbocycles. The number of benzene rings is 1. The lowest BCUT2D eigenvalue weighted by atomic mass is 9.85. The fourth-order valence-corrected chi connectivity index (χ4v) is 4.09. The molecule has 30 heavy (non-hydrogen) atoms. The number of halogens is 1. The second-order valence-corrected chi connectivity index (χ2v) is 8.46. The highest BCUT2D eigenvalue weighted by atomic mass is 35.5. The zero-order chi connectivity index (χ0) is 20.5. The third-order valence-electron chi connectivity index (χ3n) is 6.11. The van der Waals surface area contributed by atoms with Gasteiger partial charge in [0.1, 0.15) is 11.5 Å². The monoisotopic (exact) mass is 433 g/mol. The summed E-state index contributed by atoms with van der Waals surface area (Å²) < 4.78 is 5.47. The van der Waals surface area contributed by atoms with Crippen molar-refractivity contribution in [2.45, 2.75) is 51.9 Å². The molecule has 1 N–H and O–H groups in total. The summed E-state index contributed by atoms with van der Waals surface area (Å²) in [6, 6.07) is 12.1. The number of hydrogen-bond donors (Lipinski definition) is 1. The third kappa shape index (κ3) is 7.44. The molecule has 0 spiro atoms. The Morgan fingerprint density at radius 2 is 2.07 bits per heavy atom. The van der Waals surface area contributed by atoms with Crippen molar-refractivity contribution in [1.29, 1.82) is 0 Å². The number of amides is 1. The number of carbonyl (C=O) groups is 1. The molecule has 0 radical (unpaired) electrons. The van der Waals surface area contributed by atoms with E-state index in [1.165, 1.54) is 12.8 Å². The summed E-state index contributed by atoms with van der Waals surface area (Å²) in [5.41, 5.74) is 1.98. The van der Waals surface area contributed by atoms with E-state index < -0.39 is 0 Å². The van der Waals surface area contributed by atoms with Crippen molar-refractivity contribution >= 4 is 18.3 Å². The number of piperidine rings is 1. The summed E-state index contributed by atoms with van der Waals surface area (Å²) in [7, 11) is 1.94. The van der Waals surface area contributed by atoms with Crippen LogP contribution in [-0.2, 0) is 11.2 Å². The lowest BCUT2D eigenvalue weighted by Gasteiger charge is -2.29. The summed E-state index contributed by atoms with van der Waals surface area (Å²) >= 11 is 0. The van der Waals surface area contributed by atoms with E-state index in [1.54, 1.807) is 0 Å². The van der Waals surface area contributed by atoms with Crippen molar-refractivity contribution in [3.8, 4) is 11.3 Å². The third-order valence-corrected chi connectivity index (χ3v) is 6.11. The number of aromatic nitrogens is 1. The Labute approximate surface area is 187 Å². The molecular weight excluding hydrogens is 398 g/mol. The number of nitrogens with one attached hydrogen (secondary N) is 1. The molecule has 1 saturated heterocycles. The van der Waals surface area contributed by atoms with Crippen LogP contribution in [0.25, 0.3) is 11.3 Å². The molecule has 6 heteroatoms. The minimum absolute atomic E-state index is 0. The van der Waals surface area contributed by atoms with E-state index in [2.05, 4.69) is 17.4 Å². The second kappa shape index (κ2) is 12.8. The van der Waals surface area contributed by atoms with Gasteiger partial charge in [-0.15, -0.1) is 12.4 Å². The number of rotatable bonds is 10. The molecule has 3 rings (SSSR count). The largest absolute Gasteiger partial charge is 0.361 e. The van der Waals surface area contributed by atoms with Crippen LogP contribution in [0.4, 0.5) is 0 Å². The molecule has 0 saturated carbocycles. The number of aryl methyl sites for hydroxylation is 1. The summed E-state index contributed by atoms with van der Waals surface area (Å²) in [6.07, 6.45) is 7.21. The maximum absolute atomic E-state index is 12.5. The summed E-state index contributed by atoms with van der Waals surface area (Å²) in [5, 5.41) is 7.62. The lowest BCUT2D eigenvalue weighted by molar-refractivity contribution is -0.131. The molecule has 1 amide bonds. The number of hydrogen-bond acceptors (Lipinski definition) is 4. The highest BCUT2D eigenvalue weighted by molar-refractivity contribution is 5.85. The molecule has 2 atom stereocenters. The van der Waals surface area contributed by atoms with E-state index >= 15 is 0 Å². The molecule has 1 aromatic heterocycles. The van der Waals surface area contributed by atoms with Crippen molar-refractivity contribution in [1.82, 2.24) is 15.4 Å². The zero-order valence-electron chi connectivity index (χ0n) is 18.3. The fraction of sp³-hybridized carbons (Fsp3) is 0.583. The Balaban J connectivity index is 0.00000320. The first kappa shape index (κ1) is 24.4. The molecule has 0 aliphatic carbocycles. The van der Waals surface area contributed by atoms with Gasteiger partial charge in [-0.3, -0.25) is 4.79 Å². The summed E-state index contributed by atoms with van der Waals surface area (Å²) in [6.45, 7) is 5.25. The molecule has 2 unspecified atom stereocenters. The standard InChI is InChI=1S/C24H35N3O2.ClH/c1-19(21-12-9-14-25-18-21)16-24(28)27(2)15-8-4-7-13-22-17-23(26-29-22)20-10-5-3-6-11-20;/h3,5-6,10-11,17,19,21,25H,4,7-9,12-16,18H2,1-2H3;1H. The van der Waals surface area contributed by atoms with E-state index in [0.29, 0.717) is 18.3 Å². The van der Waals surface area contributed by atoms with Crippen LogP contribution in [0, 0.1) is 11.8 Å². The van der Waals surface area contributed by atoms with Crippen LogP contribution in [0.1, 0.15) is 51.2 Å². The maximum Gasteiger partial charge on any atom is 0.222 e. The molecule has 166 valence electrons. The van der Waals surface area contributed by atoms with Crippen molar-refractivity contribution in [2.24, 2.45) is 11.8 Å². The Bertz CT molecular complexity index is 744. The van der Waals surface area contributed by atoms with E-state index in [1.807, 2.05) is 48.3 Å². The van der Waals surface area contributed by atoms with Crippen LogP contribution in [0.15, 0.2) is 40.9 Å². The van der Waals surface area contributed by atoms with Crippen LogP contribution in [0.3, 0.4) is 0 Å². The van der Waals surface area contributed by atoms with Gasteiger partial charge < -0.3 is 14.7 Å². The molecule has 1 aliphatic rings. The topological polar surface area (TPSA) is 58.4 Å². The number of carbonyl (C=O) groups excluding carboxylic acids is 1. The normalized spacial score (nSPS) is 17.2. The molecule has 2 heterocycles. The van der Waals surface area contributed by atoms with E-state index in [9.17, 15) is 4.79 Å². The predicted octanol–water partition coefficient (Wildman–Crippen LogP) is 4.96. The molecule has 1 aliphatic heterocycles.